The van der Waals surface area contributed by atoms with Crippen LogP contribution in [0.3, 0.4) is 0 Å². The van der Waals surface area contributed by atoms with Crippen molar-refractivity contribution in [3.05, 3.63) is 24.3 Å². The average molecular weight is 424 g/mol. The van der Waals surface area contributed by atoms with Crippen LogP contribution in [0.5, 0.6) is 5.75 Å². The van der Waals surface area contributed by atoms with Crippen LogP contribution in [-0.4, -0.2) is 60.0 Å². The molecule has 148 valence electrons. The van der Waals surface area contributed by atoms with Crippen LogP contribution in [0.1, 0.15) is 12.8 Å². The van der Waals surface area contributed by atoms with Gasteiger partial charge in [0.2, 0.25) is 15.9 Å². The minimum Gasteiger partial charge on any atom is -0.406 e. The summed E-state index contributed by atoms with van der Waals surface area (Å²) < 4.78 is 66.8. The smallest absolute Gasteiger partial charge is 0.406 e. The number of thioether (sulfide) groups is 1. The Morgan fingerprint density at radius 2 is 1.67 bits per heavy atom. The molecule has 2 aliphatic rings. The molecule has 2 heterocycles. The van der Waals surface area contributed by atoms with Gasteiger partial charge in [0.05, 0.1) is 10.6 Å². The Labute approximate surface area is 157 Å². The molecule has 2 amide bonds. The molecule has 1 aromatic rings. The summed E-state index contributed by atoms with van der Waals surface area (Å²) in [7, 11) is -3.89. The minimum atomic E-state index is -4.86. The van der Waals surface area contributed by atoms with Crippen molar-refractivity contribution in [3.63, 3.8) is 0 Å². The Hall–Kier alpha value is -1.79. The minimum absolute atomic E-state index is 0.101. The van der Waals surface area contributed by atoms with E-state index in [4.69, 9.17) is 0 Å². The highest BCUT2D eigenvalue weighted by Gasteiger charge is 2.39. The zero-order chi connectivity index (χ0) is 19.8. The van der Waals surface area contributed by atoms with Crippen LogP contribution in [0.15, 0.2) is 29.2 Å². The van der Waals surface area contributed by atoms with E-state index in [1.165, 1.54) is 9.21 Å². The number of rotatable bonds is 4. The maximum Gasteiger partial charge on any atom is 0.573 e. The normalized spacial score (nSPS) is 20.3. The zero-order valence-corrected chi connectivity index (χ0v) is 15.4. The van der Waals surface area contributed by atoms with Gasteiger partial charge in [-0.25, -0.2) is 8.42 Å². The van der Waals surface area contributed by atoms with E-state index in [1.54, 1.807) is 0 Å². The van der Waals surface area contributed by atoms with Crippen LogP contribution >= 0.6 is 11.8 Å². The van der Waals surface area contributed by atoms with Gasteiger partial charge in [0.15, 0.2) is 0 Å². The number of benzene rings is 1. The highest BCUT2D eigenvalue weighted by Crippen LogP contribution is 2.30. The number of ether oxygens (including phenoxy) is 1. The summed E-state index contributed by atoms with van der Waals surface area (Å²) in [5.41, 5.74) is 0. The van der Waals surface area contributed by atoms with Gasteiger partial charge in [-0.2, -0.15) is 4.31 Å². The first kappa shape index (κ1) is 20.0. The van der Waals surface area contributed by atoms with Crippen LogP contribution in [0.4, 0.5) is 18.0 Å². The van der Waals surface area contributed by atoms with Gasteiger partial charge in [0.1, 0.15) is 5.75 Å². The summed E-state index contributed by atoms with van der Waals surface area (Å²) in [6.07, 6.45) is -4.23. The fraction of sp³-hybridized carbons (Fsp3) is 0.467. The lowest BCUT2D eigenvalue weighted by molar-refractivity contribution is -0.274. The Morgan fingerprint density at radius 3 is 2.15 bits per heavy atom. The van der Waals surface area contributed by atoms with Gasteiger partial charge in [-0.1, -0.05) is 11.8 Å². The van der Waals surface area contributed by atoms with Crippen molar-refractivity contribution < 1.29 is 35.9 Å². The fourth-order valence-corrected chi connectivity index (χ4v) is 5.27. The summed E-state index contributed by atoms with van der Waals surface area (Å²) >= 11 is 0.929. The number of hydrogen-bond acceptors (Lipinski definition) is 6. The van der Waals surface area contributed by atoms with Crippen molar-refractivity contribution in [3.8, 4) is 5.75 Å². The molecule has 2 saturated heterocycles. The average Bonchev–Trinajstić information content (AvgIpc) is 2.93. The number of halogens is 3. The quantitative estimate of drug-likeness (QED) is 0.738. The van der Waals surface area contributed by atoms with Crippen molar-refractivity contribution in [2.24, 2.45) is 0 Å². The number of carbonyl (C=O) groups is 2. The van der Waals surface area contributed by atoms with Crippen molar-refractivity contribution >= 4 is 32.9 Å². The highest BCUT2D eigenvalue weighted by molar-refractivity contribution is 8.14. The van der Waals surface area contributed by atoms with Crippen LogP contribution in [0, 0.1) is 0 Å². The van der Waals surface area contributed by atoms with Gasteiger partial charge in [-0.3, -0.25) is 14.5 Å². The molecule has 2 aliphatic heterocycles. The van der Waals surface area contributed by atoms with E-state index in [-0.39, 0.29) is 40.9 Å². The van der Waals surface area contributed by atoms with Crippen LogP contribution in [-0.2, 0) is 14.8 Å². The lowest BCUT2D eigenvalue weighted by Crippen LogP contribution is -2.48. The number of alkyl halides is 3. The van der Waals surface area contributed by atoms with E-state index in [0.717, 1.165) is 36.0 Å². The Kier molecular flexibility index (Phi) is 5.41. The first-order valence-corrected chi connectivity index (χ1v) is 10.4. The van der Waals surface area contributed by atoms with Gasteiger partial charge < -0.3 is 4.74 Å². The standard InChI is InChI=1S/C15H15F3N2O5S2/c16-15(17,18)25-11-1-3-12(4-2-11)27(23,24)19-7-5-10(6-8-19)20-13(21)9-26-14(20)22/h1-4,10H,5-9H2. The Morgan fingerprint density at radius 1 is 1.07 bits per heavy atom. The summed E-state index contributed by atoms with van der Waals surface area (Å²) in [6.45, 7) is 0.213. The third-order valence-electron chi connectivity index (χ3n) is 4.27. The molecule has 3 rings (SSSR count). The third kappa shape index (κ3) is 4.38. The number of nitrogens with zero attached hydrogens (tertiary/aromatic N) is 2. The Balaban J connectivity index is 1.66. The zero-order valence-electron chi connectivity index (χ0n) is 13.8. The molecule has 2 fully saturated rings. The van der Waals surface area contributed by atoms with Gasteiger partial charge in [-0.05, 0) is 37.1 Å². The molecule has 0 atom stereocenters. The van der Waals surface area contributed by atoms with Gasteiger partial charge >= 0.3 is 6.36 Å². The molecular formula is C15H15F3N2O5S2. The SMILES string of the molecule is O=C1CSC(=O)N1C1CCN(S(=O)(=O)c2ccc(OC(F)(F)F)cc2)CC1. The van der Waals surface area contributed by atoms with Gasteiger partial charge in [0.25, 0.3) is 5.24 Å². The molecule has 1 aromatic carbocycles. The van der Waals surface area contributed by atoms with Gasteiger partial charge in [-0.15, -0.1) is 13.2 Å². The molecule has 0 radical (unpaired) electrons. The first-order chi connectivity index (χ1) is 12.6. The summed E-state index contributed by atoms with van der Waals surface area (Å²) in [6, 6.07) is 3.63. The molecule has 27 heavy (non-hydrogen) atoms. The largest absolute Gasteiger partial charge is 0.573 e. The van der Waals surface area contributed by atoms with Crippen LogP contribution < -0.4 is 4.74 Å². The predicted octanol–water partition coefficient (Wildman–Crippen LogP) is 2.43. The molecule has 0 saturated carbocycles. The van der Waals surface area contributed by atoms with E-state index in [0.29, 0.717) is 12.8 Å². The number of amides is 2. The number of piperidine rings is 1. The second-order valence-corrected chi connectivity index (χ2v) is 8.84. The third-order valence-corrected chi connectivity index (χ3v) is 7.02. The van der Waals surface area contributed by atoms with Crippen molar-refractivity contribution in [2.45, 2.75) is 30.1 Å². The Bertz CT molecular complexity index is 818. The maximum atomic E-state index is 12.7. The van der Waals surface area contributed by atoms with E-state index in [9.17, 15) is 31.2 Å². The van der Waals surface area contributed by atoms with E-state index >= 15 is 0 Å². The van der Waals surface area contributed by atoms with Crippen molar-refractivity contribution in [2.75, 3.05) is 18.8 Å². The van der Waals surface area contributed by atoms with E-state index in [2.05, 4.69) is 4.74 Å². The molecule has 0 unspecified atom stereocenters. The summed E-state index contributed by atoms with van der Waals surface area (Å²) in [4.78, 5) is 24.6. The van der Waals surface area contributed by atoms with E-state index in [1.807, 2.05) is 0 Å². The number of sulfonamides is 1. The fourth-order valence-electron chi connectivity index (χ4n) is 3.02. The van der Waals surface area contributed by atoms with Gasteiger partial charge in [0, 0.05) is 19.1 Å². The number of hydrogen-bond donors (Lipinski definition) is 0. The van der Waals surface area contributed by atoms with Crippen LogP contribution in [0.2, 0.25) is 0 Å². The topological polar surface area (TPSA) is 84.0 Å². The van der Waals surface area contributed by atoms with Crippen molar-refractivity contribution in [1.29, 1.82) is 0 Å². The maximum absolute atomic E-state index is 12.7. The second-order valence-electron chi connectivity index (χ2n) is 5.97. The highest BCUT2D eigenvalue weighted by atomic mass is 32.2. The number of imide groups is 1. The lowest BCUT2D eigenvalue weighted by atomic mass is 10.1. The van der Waals surface area contributed by atoms with E-state index < -0.39 is 22.1 Å². The summed E-state index contributed by atoms with van der Waals surface area (Å²) in [5.74, 6) is -0.681. The second kappa shape index (κ2) is 7.32. The molecule has 12 heteroatoms. The molecule has 0 aliphatic carbocycles. The molecule has 0 aromatic heterocycles. The first-order valence-electron chi connectivity index (χ1n) is 7.93. The molecule has 7 nitrogen and oxygen atoms in total. The number of carbonyl (C=O) groups excluding carboxylic acids is 2. The lowest BCUT2D eigenvalue weighted by Gasteiger charge is -2.34. The molecular weight excluding hydrogens is 409 g/mol. The molecule has 0 bridgehead atoms. The molecule has 0 N–H and O–H groups in total. The monoisotopic (exact) mass is 424 g/mol. The predicted molar refractivity (Wildman–Crippen MR) is 89.6 cm³/mol. The molecule has 0 spiro atoms. The van der Waals surface area contributed by atoms with Crippen LogP contribution in [0.25, 0.3) is 0 Å². The van der Waals surface area contributed by atoms with Crippen molar-refractivity contribution in [1.82, 2.24) is 9.21 Å². The summed E-state index contributed by atoms with van der Waals surface area (Å²) in [5, 5.41) is -0.318.